The largest absolute Gasteiger partial charge is 0.468 e. The zero-order chi connectivity index (χ0) is 17.7. The zero-order valence-corrected chi connectivity index (χ0v) is 13.8. The number of halogens is 1. The molecular formula is C17H15ClO6. The molecule has 0 aliphatic rings. The van der Waals surface area contributed by atoms with Crippen molar-refractivity contribution in [2.75, 3.05) is 14.2 Å². The highest BCUT2D eigenvalue weighted by Crippen LogP contribution is 2.31. The number of ether oxygens (including phenoxy) is 2. The van der Waals surface area contributed by atoms with Gasteiger partial charge in [0.2, 0.25) is 5.78 Å². The van der Waals surface area contributed by atoms with Crippen molar-refractivity contribution < 1.29 is 28.3 Å². The van der Waals surface area contributed by atoms with Gasteiger partial charge in [-0.25, -0.2) is 0 Å². The van der Waals surface area contributed by atoms with Crippen LogP contribution in [-0.4, -0.2) is 31.9 Å². The molecule has 1 aromatic heterocycles. The first-order valence-electron chi connectivity index (χ1n) is 6.98. The molecule has 1 heterocycles. The van der Waals surface area contributed by atoms with Crippen molar-refractivity contribution in [3.8, 4) is 0 Å². The minimum absolute atomic E-state index is 0.0211. The third-order valence-corrected chi connectivity index (χ3v) is 3.77. The van der Waals surface area contributed by atoms with Crippen molar-refractivity contribution in [2.45, 2.75) is 5.92 Å². The Morgan fingerprint density at radius 1 is 1.00 bits per heavy atom. The molecule has 0 amide bonds. The smallest absolute Gasteiger partial charge is 0.321 e. The summed E-state index contributed by atoms with van der Waals surface area (Å²) in [6, 6.07) is 9.24. The van der Waals surface area contributed by atoms with Gasteiger partial charge in [-0.1, -0.05) is 23.7 Å². The minimum atomic E-state index is -1.46. The summed E-state index contributed by atoms with van der Waals surface area (Å²) in [4.78, 5) is 37.1. The van der Waals surface area contributed by atoms with Crippen molar-refractivity contribution in [3.05, 3.63) is 59.0 Å². The second kappa shape index (κ2) is 7.79. The fourth-order valence-electron chi connectivity index (χ4n) is 2.36. The highest BCUT2D eigenvalue weighted by atomic mass is 35.5. The van der Waals surface area contributed by atoms with E-state index >= 15 is 0 Å². The van der Waals surface area contributed by atoms with Crippen LogP contribution in [0.3, 0.4) is 0 Å². The molecule has 0 N–H and O–H groups in total. The molecular weight excluding hydrogens is 336 g/mol. The molecule has 6 nitrogen and oxygen atoms in total. The predicted octanol–water partition coefficient (Wildman–Crippen LogP) is 2.86. The Balaban J connectivity index is 2.55. The summed E-state index contributed by atoms with van der Waals surface area (Å²) < 4.78 is 14.5. The van der Waals surface area contributed by atoms with E-state index in [2.05, 4.69) is 9.47 Å². The lowest BCUT2D eigenvalue weighted by Crippen LogP contribution is -2.36. The van der Waals surface area contributed by atoms with Crippen molar-refractivity contribution in [1.82, 2.24) is 0 Å². The van der Waals surface area contributed by atoms with Crippen LogP contribution in [0.15, 0.2) is 47.1 Å². The number of methoxy groups -OCH3 is 2. The van der Waals surface area contributed by atoms with Gasteiger partial charge in [0.25, 0.3) is 0 Å². The second-order valence-corrected chi connectivity index (χ2v) is 5.33. The lowest BCUT2D eigenvalue weighted by molar-refractivity contribution is -0.159. The Labute approximate surface area is 143 Å². The molecule has 126 valence electrons. The van der Waals surface area contributed by atoms with Gasteiger partial charge < -0.3 is 13.9 Å². The lowest BCUT2D eigenvalue weighted by Gasteiger charge is -2.22. The Morgan fingerprint density at radius 2 is 1.58 bits per heavy atom. The Kier molecular flexibility index (Phi) is 5.76. The highest BCUT2D eigenvalue weighted by molar-refractivity contribution is 6.30. The molecule has 0 bridgehead atoms. The van der Waals surface area contributed by atoms with Gasteiger partial charge in [-0.15, -0.1) is 0 Å². The molecule has 2 rings (SSSR count). The summed E-state index contributed by atoms with van der Waals surface area (Å²) >= 11 is 5.87. The predicted molar refractivity (Wildman–Crippen MR) is 84.8 cm³/mol. The van der Waals surface area contributed by atoms with Crippen LogP contribution in [-0.2, 0) is 19.1 Å². The molecule has 0 aliphatic carbocycles. The average Bonchev–Trinajstić information content (AvgIpc) is 3.13. The van der Waals surface area contributed by atoms with E-state index < -0.39 is 29.6 Å². The second-order valence-electron chi connectivity index (χ2n) is 4.89. The van der Waals surface area contributed by atoms with Crippen LogP contribution in [0, 0.1) is 5.92 Å². The quantitative estimate of drug-likeness (QED) is 0.452. The summed E-state index contributed by atoms with van der Waals surface area (Å²) in [5, 5.41) is 0.454. The number of hydrogen-bond donors (Lipinski definition) is 0. The molecule has 0 spiro atoms. The van der Waals surface area contributed by atoms with E-state index in [4.69, 9.17) is 16.0 Å². The zero-order valence-electron chi connectivity index (χ0n) is 13.0. The van der Waals surface area contributed by atoms with Gasteiger partial charge in [-0.3, -0.25) is 14.4 Å². The number of ketones is 1. The van der Waals surface area contributed by atoms with Gasteiger partial charge >= 0.3 is 11.9 Å². The van der Waals surface area contributed by atoms with Crippen LogP contribution in [0.1, 0.15) is 22.0 Å². The number of Topliss-reactive ketones (excluding diaryl/α,β-unsaturated/α-hetero) is 1. The molecule has 1 atom stereocenters. The minimum Gasteiger partial charge on any atom is -0.468 e. The third-order valence-electron chi connectivity index (χ3n) is 3.52. The molecule has 0 radical (unpaired) electrons. The Hall–Kier alpha value is -2.60. The summed E-state index contributed by atoms with van der Waals surface area (Å²) in [5.74, 6) is -4.88. The van der Waals surface area contributed by atoms with Crippen LogP contribution in [0.4, 0.5) is 0 Å². The number of furan rings is 1. The van der Waals surface area contributed by atoms with Crippen LogP contribution in [0.5, 0.6) is 0 Å². The van der Waals surface area contributed by atoms with Crippen LogP contribution in [0.2, 0.25) is 5.02 Å². The van der Waals surface area contributed by atoms with E-state index in [1.165, 1.54) is 18.4 Å². The van der Waals surface area contributed by atoms with Gasteiger partial charge in [0.15, 0.2) is 11.7 Å². The van der Waals surface area contributed by atoms with E-state index in [1.807, 2.05) is 0 Å². The number of hydrogen-bond acceptors (Lipinski definition) is 6. The fourth-order valence-corrected chi connectivity index (χ4v) is 2.49. The normalized spacial score (nSPS) is 11.8. The first kappa shape index (κ1) is 17.7. The number of rotatable bonds is 6. The molecule has 0 fully saturated rings. The number of carbonyl (C=O) groups excluding carboxylic acids is 3. The highest BCUT2D eigenvalue weighted by Gasteiger charge is 2.43. The first-order valence-corrected chi connectivity index (χ1v) is 7.36. The fraction of sp³-hybridized carbons (Fsp3) is 0.235. The topological polar surface area (TPSA) is 82.8 Å². The van der Waals surface area contributed by atoms with Gasteiger partial charge in [-0.2, -0.15) is 0 Å². The van der Waals surface area contributed by atoms with Crippen molar-refractivity contribution in [1.29, 1.82) is 0 Å². The Morgan fingerprint density at radius 3 is 2.04 bits per heavy atom. The molecule has 24 heavy (non-hydrogen) atoms. The van der Waals surface area contributed by atoms with Gasteiger partial charge in [0.05, 0.1) is 26.4 Å². The van der Waals surface area contributed by atoms with Gasteiger partial charge in [-0.05, 0) is 29.8 Å². The molecule has 0 aliphatic heterocycles. The SMILES string of the molecule is COC(=O)C(C(=O)OC)[C@H](C(=O)c1ccco1)c1ccc(Cl)cc1. The van der Waals surface area contributed by atoms with Crippen molar-refractivity contribution in [2.24, 2.45) is 5.92 Å². The monoisotopic (exact) mass is 350 g/mol. The maximum Gasteiger partial charge on any atom is 0.321 e. The summed E-state index contributed by atoms with van der Waals surface area (Å²) in [6.07, 6.45) is 1.33. The summed E-state index contributed by atoms with van der Waals surface area (Å²) in [6.45, 7) is 0. The average molecular weight is 351 g/mol. The van der Waals surface area contributed by atoms with E-state index in [1.54, 1.807) is 24.3 Å². The number of esters is 2. The molecule has 2 aromatic rings. The molecule has 0 saturated carbocycles. The van der Waals surface area contributed by atoms with Gasteiger partial charge in [0, 0.05) is 5.02 Å². The molecule has 7 heteroatoms. The van der Waals surface area contributed by atoms with Crippen molar-refractivity contribution in [3.63, 3.8) is 0 Å². The van der Waals surface area contributed by atoms with E-state index in [0.29, 0.717) is 10.6 Å². The number of benzene rings is 1. The van der Waals surface area contributed by atoms with E-state index in [0.717, 1.165) is 14.2 Å². The van der Waals surface area contributed by atoms with Crippen LogP contribution >= 0.6 is 11.6 Å². The first-order chi connectivity index (χ1) is 11.5. The van der Waals surface area contributed by atoms with Crippen LogP contribution < -0.4 is 0 Å². The number of carbonyl (C=O) groups is 3. The van der Waals surface area contributed by atoms with Gasteiger partial charge in [0.1, 0.15) is 0 Å². The van der Waals surface area contributed by atoms with E-state index in [-0.39, 0.29) is 5.76 Å². The standard InChI is InChI=1S/C17H15ClO6/c1-22-16(20)14(17(21)23-2)13(10-5-7-11(18)8-6-10)15(19)12-4-3-9-24-12/h3-9,13-14H,1-2H3/t13-/m1/s1. The molecule has 0 saturated heterocycles. The third kappa shape index (κ3) is 3.65. The Bertz CT molecular complexity index is 704. The van der Waals surface area contributed by atoms with E-state index in [9.17, 15) is 14.4 Å². The molecule has 0 unspecified atom stereocenters. The summed E-state index contributed by atoms with van der Waals surface area (Å²) in [7, 11) is 2.27. The van der Waals surface area contributed by atoms with Crippen molar-refractivity contribution >= 4 is 29.3 Å². The maximum atomic E-state index is 12.8. The summed E-state index contributed by atoms with van der Waals surface area (Å²) in [5.41, 5.74) is 0.418. The molecule has 1 aromatic carbocycles. The maximum absolute atomic E-state index is 12.8. The lowest BCUT2D eigenvalue weighted by atomic mass is 9.82. The van der Waals surface area contributed by atoms with Crippen LogP contribution in [0.25, 0.3) is 0 Å².